The molecule has 0 atom stereocenters. The van der Waals surface area contributed by atoms with Gasteiger partial charge in [-0.05, 0) is 133 Å². The van der Waals surface area contributed by atoms with Crippen molar-refractivity contribution in [2.75, 3.05) is 0 Å². The van der Waals surface area contributed by atoms with Gasteiger partial charge in [0.1, 0.15) is 5.58 Å². The maximum Gasteiger partial charge on any atom is 0.235 e. The van der Waals surface area contributed by atoms with E-state index in [1.54, 1.807) is 0 Å². The lowest BCUT2D eigenvalue weighted by atomic mass is 9.97. The Balaban J connectivity index is 0.000000105. The molecule has 13 heteroatoms. The van der Waals surface area contributed by atoms with Crippen molar-refractivity contribution < 1.29 is 4.42 Å². The Morgan fingerprint density at radius 1 is 0.197 bits per heavy atom. The summed E-state index contributed by atoms with van der Waals surface area (Å²) >= 11 is 3.71. The van der Waals surface area contributed by atoms with E-state index < -0.39 is 0 Å². The van der Waals surface area contributed by atoms with Crippen molar-refractivity contribution in [1.29, 1.82) is 0 Å². The van der Waals surface area contributed by atoms with Crippen LogP contribution < -0.4 is 0 Å². The molecular weight excluding hydrogens is 1770 g/mol. The third-order valence-electron chi connectivity index (χ3n) is 27.8. The molecule has 30 rings (SSSR count). The van der Waals surface area contributed by atoms with Crippen LogP contribution in [0.1, 0.15) is 0 Å². The van der Waals surface area contributed by atoms with E-state index in [0.29, 0.717) is 29.4 Å². The Hall–Kier alpha value is -18.5. The molecule has 0 unspecified atom stereocenters. The summed E-state index contributed by atoms with van der Waals surface area (Å²) in [4.78, 5) is 36.1. The highest BCUT2D eigenvalue weighted by molar-refractivity contribution is 7.27. The molecular formula is C129H78N10OS2. The molecule has 0 spiro atoms. The molecule has 0 saturated heterocycles. The van der Waals surface area contributed by atoms with Gasteiger partial charge in [0, 0.05) is 118 Å². The van der Waals surface area contributed by atoms with Crippen LogP contribution in [0, 0.1) is 0 Å². The fourth-order valence-corrected chi connectivity index (χ4v) is 24.0. The monoisotopic (exact) mass is 1850 g/mol. The first-order chi connectivity index (χ1) is 70.5. The van der Waals surface area contributed by atoms with Gasteiger partial charge in [0.15, 0.2) is 23.1 Å². The van der Waals surface area contributed by atoms with E-state index in [2.05, 4.69) is 408 Å². The Labute approximate surface area is 821 Å². The molecule has 0 N–H and O–H groups in total. The van der Waals surface area contributed by atoms with Crippen molar-refractivity contribution in [1.82, 2.24) is 48.6 Å². The van der Waals surface area contributed by atoms with E-state index in [1.807, 2.05) is 102 Å². The van der Waals surface area contributed by atoms with E-state index in [-0.39, 0.29) is 0 Å². The molecule has 0 saturated carbocycles. The molecule has 142 heavy (non-hydrogen) atoms. The van der Waals surface area contributed by atoms with Crippen LogP contribution in [0.15, 0.2) is 478 Å². The number of rotatable bonds is 11. The molecule has 11 nitrogen and oxygen atoms in total. The highest BCUT2D eigenvalue weighted by atomic mass is 32.1. The highest BCUT2D eigenvalue weighted by Crippen LogP contribution is 2.53. The zero-order valence-corrected chi connectivity index (χ0v) is 77.9. The Morgan fingerprint density at radius 3 is 1.04 bits per heavy atom. The molecule has 21 aromatic carbocycles. The van der Waals surface area contributed by atoms with E-state index >= 15 is 0 Å². The van der Waals surface area contributed by atoms with Gasteiger partial charge in [0.25, 0.3) is 0 Å². The van der Waals surface area contributed by atoms with Crippen LogP contribution in [0.2, 0.25) is 0 Å². The SMILES string of the molecule is c1ccc(-c2cc(-c3ccccc3)nc(-n3c4ccccc4c4c5ccccc5c5c6ccccc6sc5c43)n2)cc1.c1ccc(-c2ccc(-c3nc(-n4c5ccc(-c6ccccc6)cc5c5c6ccccc6c6c7ccccc7sc6c54)nc4ccccc34)cc2)cc1.c1ccc(-c2nc(-c3ccccc3)nc(-c3ccc(-n4c5ccccc5c5c6ccccc6c6c7ccccc7oc6c54)cc3)n2)cc1. The first-order valence-electron chi connectivity index (χ1n) is 47.7. The average Bonchev–Trinajstić information content (AvgIpc) is 1.57. The Kier molecular flexibility index (Phi) is 19.4. The van der Waals surface area contributed by atoms with E-state index in [9.17, 15) is 0 Å². The molecule has 30 aromatic rings. The molecule has 0 fully saturated rings. The molecule has 0 aliphatic heterocycles. The van der Waals surface area contributed by atoms with E-state index in [0.717, 1.165) is 122 Å². The largest absolute Gasteiger partial charge is 0.454 e. The minimum absolute atomic E-state index is 0.627. The lowest BCUT2D eigenvalue weighted by molar-refractivity contribution is 0.671. The van der Waals surface area contributed by atoms with Crippen LogP contribution in [-0.2, 0) is 0 Å². The number of hydrogen-bond donors (Lipinski definition) is 0. The van der Waals surface area contributed by atoms with E-state index in [4.69, 9.17) is 39.3 Å². The van der Waals surface area contributed by atoms with Gasteiger partial charge >= 0.3 is 0 Å². The predicted octanol–water partition coefficient (Wildman–Crippen LogP) is 34.7. The van der Waals surface area contributed by atoms with Crippen LogP contribution in [-0.4, -0.2) is 48.6 Å². The molecule has 9 aromatic heterocycles. The van der Waals surface area contributed by atoms with Crippen LogP contribution in [0.5, 0.6) is 0 Å². The summed E-state index contributed by atoms with van der Waals surface area (Å²) in [5, 5.41) is 23.1. The average molecular weight is 1850 g/mol. The van der Waals surface area contributed by atoms with Gasteiger partial charge in [-0.2, -0.15) is 0 Å². The molecule has 9 heterocycles. The van der Waals surface area contributed by atoms with E-state index in [1.165, 1.54) is 127 Å². The van der Waals surface area contributed by atoms with Crippen molar-refractivity contribution in [3.63, 3.8) is 0 Å². The highest BCUT2D eigenvalue weighted by Gasteiger charge is 2.30. The summed E-state index contributed by atoms with van der Waals surface area (Å²) < 4.78 is 18.8. The van der Waals surface area contributed by atoms with Crippen molar-refractivity contribution in [2.24, 2.45) is 0 Å². The maximum absolute atomic E-state index is 6.72. The molecule has 0 radical (unpaired) electrons. The summed E-state index contributed by atoms with van der Waals surface area (Å²) in [5.41, 5.74) is 23.9. The minimum atomic E-state index is 0.627. The smallest absolute Gasteiger partial charge is 0.235 e. The number of para-hydroxylation sites is 4. The summed E-state index contributed by atoms with van der Waals surface area (Å²) in [7, 11) is 0. The summed E-state index contributed by atoms with van der Waals surface area (Å²) in [6.07, 6.45) is 0. The van der Waals surface area contributed by atoms with Gasteiger partial charge in [-0.15, -0.1) is 22.7 Å². The minimum Gasteiger partial charge on any atom is -0.454 e. The quantitative estimate of drug-likeness (QED) is 0.126. The van der Waals surface area contributed by atoms with Crippen molar-refractivity contribution in [3.8, 4) is 108 Å². The van der Waals surface area contributed by atoms with Gasteiger partial charge in [0.2, 0.25) is 11.9 Å². The Morgan fingerprint density at radius 2 is 0.535 bits per heavy atom. The van der Waals surface area contributed by atoms with Crippen molar-refractivity contribution in [2.45, 2.75) is 0 Å². The Bertz CT molecular complexity index is 10200. The van der Waals surface area contributed by atoms with Crippen LogP contribution >= 0.6 is 22.7 Å². The van der Waals surface area contributed by atoms with Gasteiger partial charge in [-0.3, -0.25) is 9.13 Å². The number of fused-ring (bicyclic) bond motifs is 31. The standard InChI is InChI=1S/C48H29N3S.C43H26N4O.C38H23N3S/c1-3-13-30(14-4-1)32-23-25-33(26-24-32)45-37-19-9-11-21-40(37)49-48(50-45)51-41-28-27-34(31-15-5-2-6-16-31)29-39(41)43-35-17-7-8-18-36(35)44-38-20-10-12-22-42(38)52-47(44)46(43)51;1-3-13-27(14-4-1)41-44-42(28-15-5-2-6-16-28)46-43(45-41)29-23-25-30(26-24-29)47-35-21-11-9-19-33(35)37-31-17-7-8-18-32(31)38-34-20-10-12-22-36(34)48-40(38)39(37)47;1-3-13-24(14-4-1)30-23-31(25-15-5-2-6-16-25)40-38(39-30)41-32-21-11-9-19-28(32)34-26-17-7-8-18-27(26)35-29-20-10-12-22-33(29)42-37(35)36(34)41/h1-29H;1-26H;1-23H. The summed E-state index contributed by atoms with van der Waals surface area (Å²) in [6.45, 7) is 0. The van der Waals surface area contributed by atoms with Crippen LogP contribution in [0.25, 0.3) is 279 Å². The predicted molar refractivity (Wildman–Crippen MR) is 593 cm³/mol. The molecule has 0 aliphatic carbocycles. The number of nitrogens with zero attached hydrogens (tertiary/aromatic N) is 10. The topological polar surface area (TPSA) is 118 Å². The summed E-state index contributed by atoms with van der Waals surface area (Å²) in [6, 6.07) is 166. The van der Waals surface area contributed by atoms with Gasteiger partial charge in [-0.1, -0.05) is 394 Å². The molecule has 0 aliphatic rings. The second-order valence-electron chi connectivity index (χ2n) is 35.9. The molecule has 0 amide bonds. The number of benzene rings is 21. The first kappa shape index (κ1) is 81.8. The fourth-order valence-electron chi connectivity index (χ4n) is 21.5. The number of thiophene rings is 2. The van der Waals surface area contributed by atoms with Crippen molar-refractivity contribution >= 4 is 194 Å². The van der Waals surface area contributed by atoms with Crippen molar-refractivity contribution in [3.05, 3.63) is 473 Å². The number of aromatic nitrogens is 10. The number of hydrogen-bond acceptors (Lipinski definition) is 10. The first-order valence-corrected chi connectivity index (χ1v) is 49.4. The number of furan rings is 1. The normalized spacial score (nSPS) is 11.8. The lowest BCUT2D eigenvalue weighted by Crippen LogP contribution is -2.04. The maximum atomic E-state index is 6.72. The molecule has 662 valence electrons. The van der Waals surface area contributed by atoms with Gasteiger partial charge in [0.05, 0.1) is 65.1 Å². The zero-order chi connectivity index (χ0) is 93.4. The third kappa shape index (κ3) is 13.5. The summed E-state index contributed by atoms with van der Waals surface area (Å²) in [5.74, 6) is 3.26. The zero-order valence-electron chi connectivity index (χ0n) is 76.2. The third-order valence-corrected chi connectivity index (χ3v) is 30.2. The van der Waals surface area contributed by atoms with Gasteiger partial charge in [-0.25, -0.2) is 34.9 Å². The lowest BCUT2D eigenvalue weighted by Gasteiger charge is -2.13. The fraction of sp³-hybridized carbons (Fsp3) is 0. The second-order valence-corrected chi connectivity index (χ2v) is 38.0. The molecule has 0 bridgehead atoms. The van der Waals surface area contributed by atoms with Crippen LogP contribution in [0.3, 0.4) is 0 Å². The van der Waals surface area contributed by atoms with Gasteiger partial charge < -0.3 is 8.98 Å². The second kappa shape index (κ2) is 33.7. The van der Waals surface area contributed by atoms with Crippen LogP contribution in [0.4, 0.5) is 0 Å².